The van der Waals surface area contributed by atoms with E-state index in [9.17, 15) is 0 Å². The van der Waals surface area contributed by atoms with Crippen LogP contribution < -0.4 is 59.4 Å². The van der Waals surface area contributed by atoms with Crippen LogP contribution in [0.5, 0.6) is 0 Å². The summed E-state index contributed by atoms with van der Waals surface area (Å²) in [7, 11) is 0. The van der Waals surface area contributed by atoms with Gasteiger partial charge in [-0.1, -0.05) is 0 Å². The largest absolute Gasteiger partial charge is 2.00 e. The van der Waals surface area contributed by atoms with E-state index in [2.05, 4.69) is 0 Å². The second kappa shape index (κ2) is 9.90. The number of hydrogen-bond donors (Lipinski definition) is 2. The minimum atomic E-state index is -0.181. The normalized spacial score (nSPS) is 8.00. The monoisotopic (exact) mass is 405 g/mol. The smallest absolute Gasteiger partial charge is 1.00 e. The molecular formula is C4H12CuI2N2. The van der Waals surface area contributed by atoms with Gasteiger partial charge in [0.2, 0.25) is 0 Å². The summed E-state index contributed by atoms with van der Waals surface area (Å²) in [5.74, 6) is 0. The molecule has 0 aliphatic rings. The van der Waals surface area contributed by atoms with Crippen LogP contribution in [0.3, 0.4) is 0 Å². The van der Waals surface area contributed by atoms with Gasteiger partial charge in [-0.05, 0) is 13.8 Å². The molecule has 4 N–H and O–H groups in total. The van der Waals surface area contributed by atoms with Crippen LogP contribution in [0.4, 0.5) is 0 Å². The molecular weight excluding hydrogens is 393 g/mol. The van der Waals surface area contributed by atoms with E-state index in [1.165, 1.54) is 0 Å². The number of nitrogens with two attached hydrogens (primary N) is 2. The van der Waals surface area contributed by atoms with Crippen molar-refractivity contribution in [2.24, 2.45) is 11.5 Å². The van der Waals surface area contributed by atoms with Crippen molar-refractivity contribution >= 4 is 0 Å². The molecule has 0 rings (SSSR count). The van der Waals surface area contributed by atoms with Crippen molar-refractivity contribution in [1.82, 2.24) is 0 Å². The second-order valence-electron chi connectivity index (χ2n) is 2.19. The molecule has 0 aliphatic heterocycles. The third-order valence-corrected chi connectivity index (χ3v) is 0.526. The zero-order chi connectivity index (χ0) is 5.21. The van der Waals surface area contributed by atoms with Crippen molar-refractivity contribution in [3.8, 4) is 0 Å². The Hall–Kier alpha value is 1.90. The third kappa shape index (κ3) is 25.7. The van der Waals surface area contributed by atoms with Crippen molar-refractivity contribution in [3.63, 3.8) is 0 Å². The quantitative estimate of drug-likeness (QED) is 0.337. The molecule has 0 aromatic rings. The Balaban J connectivity index is -0.0000000417. The van der Waals surface area contributed by atoms with Crippen LogP contribution in [0.15, 0.2) is 0 Å². The van der Waals surface area contributed by atoms with Crippen LogP contribution >= 0.6 is 0 Å². The van der Waals surface area contributed by atoms with Gasteiger partial charge in [-0.25, -0.2) is 0 Å². The molecule has 0 bridgehead atoms. The van der Waals surface area contributed by atoms with E-state index in [4.69, 9.17) is 11.5 Å². The minimum Gasteiger partial charge on any atom is -1.00 e. The summed E-state index contributed by atoms with van der Waals surface area (Å²) in [4.78, 5) is 0. The maximum Gasteiger partial charge on any atom is 2.00 e. The average Bonchev–Trinajstić information content (AvgIpc) is 1.35. The molecule has 0 fully saturated rings. The van der Waals surface area contributed by atoms with Crippen LogP contribution in [0.2, 0.25) is 0 Å². The zero-order valence-corrected chi connectivity index (χ0v) is 10.7. The summed E-state index contributed by atoms with van der Waals surface area (Å²) in [5, 5.41) is 0. The van der Waals surface area contributed by atoms with Crippen LogP contribution in [0.25, 0.3) is 0 Å². The Labute approximate surface area is 101 Å². The van der Waals surface area contributed by atoms with Gasteiger partial charge in [-0.15, -0.1) is 0 Å². The van der Waals surface area contributed by atoms with Gasteiger partial charge in [0.05, 0.1) is 0 Å². The molecule has 0 unspecified atom stereocenters. The minimum absolute atomic E-state index is 0. The first-order valence-electron chi connectivity index (χ1n) is 2.05. The summed E-state index contributed by atoms with van der Waals surface area (Å²) >= 11 is 0. The van der Waals surface area contributed by atoms with E-state index in [0.29, 0.717) is 6.54 Å². The summed E-state index contributed by atoms with van der Waals surface area (Å²) in [5.41, 5.74) is 10.4. The SMILES string of the molecule is CC(C)(N)CN.[Cu+2].[I-].[I-]. The van der Waals surface area contributed by atoms with E-state index in [0.717, 1.165) is 0 Å². The maximum absolute atomic E-state index is 5.41. The molecule has 0 aromatic carbocycles. The Bertz CT molecular complexity index is 46.3. The van der Waals surface area contributed by atoms with Crippen LogP contribution in [-0.2, 0) is 17.1 Å². The molecule has 0 saturated carbocycles. The molecule has 0 atom stereocenters. The first-order chi connectivity index (χ1) is 2.56. The maximum atomic E-state index is 5.41. The first kappa shape index (κ1) is 22.4. The van der Waals surface area contributed by atoms with Gasteiger partial charge < -0.3 is 59.4 Å². The molecule has 63 valence electrons. The Morgan fingerprint density at radius 1 is 1.22 bits per heavy atom. The summed E-state index contributed by atoms with van der Waals surface area (Å²) < 4.78 is 0. The standard InChI is InChI=1S/C4H12N2.Cu.2HI/c1-4(2,6)3-5;;;/h3,5-6H2,1-2H3;;2*1H/q;+2;;/p-2. The van der Waals surface area contributed by atoms with Gasteiger partial charge in [-0.2, -0.15) is 0 Å². The molecule has 0 aliphatic carbocycles. The number of halogens is 2. The fourth-order valence-corrected chi connectivity index (χ4v) is 0. The molecule has 5 heteroatoms. The summed E-state index contributed by atoms with van der Waals surface area (Å²) in [6.45, 7) is 4.34. The summed E-state index contributed by atoms with van der Waals surface area (Å²) in [6.07, 6.45) is 0. The first-order valence-corrected chi connectivity index (χ1v) is 2.05. The molecule has 2 nitrogen and oxygen atoms in total. The second-order valence-corrected chi connectivity index (χ2v) is 2.19. The van der Waals surface area contributed by atoms with Crippen molar-refractivity contribution < 1.29 is 65.0 Å². The van der Waals surface area contributed by atoms with E-state index in [1.54, 1.807) is 0 Å². The third-order valence-electron chi connectivity index (χ3n) is 0.526. The fraction of sp³-hybridized carbons (Fsp3) is 1.00. The molecule has 0 aromatic heterocycles. The van der Waals surface area contributed by atoms with Gasteiger partial charge in [0, 0.05) is 12.1 Å². The molecule has 0 spiro atoms. The Morgan fingerprint density at radius 2 is 1.33 bits per heavy atom. The van der Waals surface area contributed by atoms with E-state index < -0.39 is 0 Å². The van der Waals surface area contributed by atoms with Crippen molar-refractivity contribution in [2.45, 2.75) is 19.4 Å². The van der Waals surface area contributed by atoms with Gasteiger partial charge in [0.25, 0.3) is 0 Å². The topological polar surface area (TPSA) is 52.0 Å². The average molecular weight is 406 g/mol. The fourth-order valence-electron chi connectivity index (χ4n) is 0. The Morgan fingerprint density at radius 3 is 1.33 bits per heavy atom. The molecule has 1 radical (unpaired) electrons. The number of rotatable bonds is 1. The molecule has 0 heterocycles. The van der Waals surface area contributed by atoms with Crippen LogP contribution in [0.1, 0.15) is 13.8 Å². The van der Waals surface area contributed by atoms with Gasteiger partial charge >= 0.3 is 17.1 Å². The molecule has 0 amide bonds. The van der Waals surface area contributed by atoms with E-state index in [-0.39, 0.29) is 70.6 Å². The number of hydrogen-bond acceptors (Lipinski definition) is 2. The summed E-state index contributed by atoms with van der Waals surface area (Å²) in [6, 6.07) is 0. The predicted octanol–water partition coefficient (Wildman–Crippen LogP) is -6.31. The van der Waals surface area contributed by atoms with Gasteiger partial charge in [-0.3, -0.25) is 0 Å². The van der Waals surface area contributed by atoms with Crippen molar-refractivity contribution in [1.29, 1.82) is 0 Å². The van der Waals surface area contributed by atoms with Crippen molar-refractivity contribution in [2.75, 3.05) is 6.54 Å². The Kier molecular flexibility index (Phi) is 24.7. The molecule has 9 heavy (non-hydrogen) atoms. The van der Waals surface area contributed by atoms with Gasteiger partial charge in [0.15, 0.2) is 0 Å². The molecule has 0 saturated heterocycles. The van der Waals surface area contributed by atoms with Gasteiger partial charge in [0.1, 0.15) is 0 Å². The van der Waals surface area contributed by atoms with E-state index in [1.807, 2.05) is 13.8 Å². The van der Waals surface area contributed by atoms with Crippen LogP contribution in [-0.4, -0.2) is 12.1 Å². The van der Waals surface area contributed by atoms with E-state index >= 15 is 0 Å². The van der Waals surface area contributed by atoms with Crippen LogP contribution in [0, 0.1) is 0 Å². The van der Waals surface area contributed by atoms with Crippen molar-refractivity contribution in [3.05, 3.63) is 0 Å². The zero-order valence-electron chi connectivity index (χ0n) is 5.42. The predicted molar refractivity (Wildman–Crippen MR) is 27.3 cm³/mol.